The number of aromatic nitrogens is 5. The van der Waals surface area contributed by atoms with Crippen molar-refractivity contribution in [1.29, 1.82) is 0 Å². The molecule has 0 unspecified atom stereocenters. The lowest BCUT2D eigenvalue weighted by atomic mass is 9.61. The maximum Gasteiger partial charge on any atom is 0.245 e. The number of phenols is 1. The first kappa shape index (κ1) is 16.2. The summed E-state index contributed by atoms with van der Waals surface area (Å²) in [4.78, 5) is 10.6. The molecule has 138 valence electrons. The van der Waals surface area contributed by atoms with Crippen LogP contribution in [0.5, 0.6) is 5.75 Å². The molecule has 0 bridgehead atoms. The molecule has 1 saturated carbocycles. The molecule has 1 spiro atoms. The van der Waals surface area contributed by atoms with Crippen molar-refractivity contribution in [3.63, 3.8) is 0 Å². The average Bonchev–Trinajstić information content (AvgIpc) is 3.14. The van der Waals surface area contributed by atoms with Gasteiger partial charge in [0, 0.05) is 50.2 Å². The lowest BCUT2D eigenvalue weighted by molar-refractivity contribution is 0.0368. The highest BCUT2D eigenvalue weighted by Gasteiger charge is 2.50. The van der Waals surface area contributed by atoms with E-state index in [0.717, 1.165) is 18.8 Å². The second kappa shape index (κ2) is 6.02. The number of hydrogen-bond acceptors (Lipinski definition) is 7. The standard InChI is InChI=1S/C19H21N7O/c1-25(14-7-19(8-14)10-21-11-19)18-22-9-16(23-24-18)15-3-2-13(6-17(15)27)26-5-4-20-12-26/h2-6,9,12,14,21,27H,7-8,10-11H2,1H3. The first-order valence-electron chi connectivity index (χ1n) is 9.09. The monoisotopic (exact) mass is 363 g/mol. The van der Waals surface area contributed by atoms with Gasteiger partial charge in [-0.15, -0.1) is 10.2 Å². The Morgan fingerprint density at radius 1 is 1.26 bits per heavy atom. The second-order valence-corrected chi connectivity index (χ2v) is 7.59. The summed E-state index contributed by atoms with van der Waals surface area (Å²) in [5, 5.41) is 22.3. The van der Waals surface area contributed by atoms with Crippen LogP contribution in [-0.2, 0) is 0 Å². The van der Waals surface area contributed by atoms with Gasteiger partial charge >= 0.3 is 0 Å². The van der Waals surface area contributed by atoms with Crippen LogP contribution in [0.2, 0.25) is 0 Å². The Morgan fingerprint density at radius 2 is 2.11 bits per heavy atom. The average molecular weight is 363 g/mol. The molecule has 27 heavy (non-hydrogen) atoms. The third-order valence-electron chi connectivity index (χ3n) is 5.81. The molecule has 1 aliphatic heterocycles. The van der Waals surface area contributed by atoms with Gasteiger partial charge in [0.2, 0.25) is 5.95 Å². The van der Waals surface area contributed by atoms with Crippen LogP contribution in [0.1, 0.15) is 12.8 Å². The second-order valence-electron chi connectivity index (χ2n) is 7.59. The van der Waals surface area contributed by atoms with E-state index >= 15 is 0 Å². The molecule has 5 rings (SSSR count). The molecule has 2 aliphatic rings. The Labute approximate surface area is 156 Å². The molecular formula is C19H21N7O. The molecule has 8 nitrogen and oxygen atoms in total. The number of hydrogen-bond donors (Lipinski definition) is 2. The summed E-state index contributed by atoms with van der Waals surface area (Å²) >= 11 is 0. The molecule has 3 heterocycles. The normalized spacial score (nSPS) is 18.1. The molecular weight excluding hydrogens is 342 g/mol. The summed E-state index contributed by atoms with van der Waals surface area (Å²) in [5.74, 6) is 0.761. The molecule has 1 aliphatic carbocycles. The van der Waals surface area contributed by atoms with Crippen LogP contribution in [0.4, 0.5) is 5.95 Å². The van der Waals surface area contributed by atoms with E-state index in [9.17, 15) is 5.11 Å². The van der Waals surface area contributed by atoms with Crippen molar-refractivity contribution >= 4 is 5.95 Å². The van der Waals surface area contributed by atoms with Crippen molar-refractivity contribution in [1.82, 2.24) is 30.0 Å². The van der Waals surface area contributed by atoms with Gasteiger partial charge in [0.15, 0.2) is 0 Å². The Hall–Kier alpha value is -3.00. The van der Waals surface area contributed by atoms with Gasteiger partial charge in [-0.2, -0.15) is 0 Å². The van der Waals surface area contributed by atoms with Gasteiger partial charge in [0.05, 0.1) is 18.2 Å². The van der Waals surface area contributed by atoms with Crippen LogP contribution >= 0.6 is 0 Å². The Balaban J connectivity index is 1.33. The fourth-order valence-corrected chi connectivity index (χ4v) is 4.01. The first-order valence-corrected chi connectivity index (χ1v) is 9.09. The zero-order valence-electron chi connectivity index (χ0n) is 15.1. The number of phenolic OH excluding ortho intramolecular Hbond substituents is 1. The molecule has 2 N–H and O–H groups in total. The molecule has 1 saturated heterocycles. The molecule has 0 atom stereocenters. The number of rotatable bonds is 4. The van der Waals surface area contributed by atoms with Gasteiger partial charge in [-0.25, -0.2) is 9.97 Å². The predicted octanol–water partition coefficient (Wildman–Crippen LogP) is 1.62. The highest BCUT2D eigenvalue weighted by atomic mass is 16.3. The Bertz CT molecular complexity index is 943. The zero-order chi connectivity index (χ0) is 18.4. The number of imidazole rings is 1. The van der Waals surface area contributed by atoms with Crippen molar-refractivity contribution in [3.05, 3.63) is 43.1 Å². The predicted molar refractivity (Wildman–Crippen MR) is 101 cm³/mol. The minimum atomic E-state index is 0.136. The fraction of sp³-hybridized carbons (Fsp3) is 0.368. The zero-order valence-corrected chi connectivity index (χ0v) is 15.1. The van der Waals surface area contributed by atoms with E-state index in [1.54, 1.807) is 24.8 Å². The number of nitrogens with zero attached hydrogens (tertiary/aromatic N) is 6. The van der Waals surface area contributed by atoms with E-state index in [2.05, 4.69) is 30.4 Å². The summed E-state index contributed by atoms with van der Waals surface area (Å²) in [5.41, 5.74) is 2.50. The van der Waals surface area contributed by atoms with Crippen molar-refractivity contribution in [3.8, 4) is 22.7 Å². The van der Waals surface area contributed by atoms with Crippen molar-refractivity contribution in [2.24, 2.45) is 5.41 Å². The van der Waals surface area contributed by atoms with Crippen molar-refractivity contribution in [2.75, 3.05) is 25.0 Å². The van der Waals surface area contributed by atoms with Gasteiger partial charge in [-0.3, -0.25) is 0 Å². The lowest BCUT2D eigenvalue weighted by Crippen LogP contribution is -2.65. The van der Waals surface area contributed by atoms with Gasteiger partial charge in [0.25, 0.3) is 0 Å². The minimum Gasteiger partial charge on any atom is -0.507 e. The van der Waals surface area contributed by atoms with Crippen LogP contribution < -0.4 is 10.2 Å². The largest absolute Gasteiger partial charge is 0.507 e. The highest BCUT2D eigenvalue weighted by molar-refractivity contribution is 5.68. The minimum absolute atomic E-state index is 0.136. The quantitative estimate of drug-likeness (QED) is 0.728. The lowest BCUT2D eigenvalue weighted by Gasteiger charge is -2.56. The van der Waals surface area contributed by atoms with Crippen LogP contribution in [-0.4, -0.2) is 56.0 Å². The van der Waals surface area contributed by atoms with Crippen LogP contribution in [0.15, 0.2) is 43.1 Å². The fourth-order valence-electron chi connectivity index (χ4n) is 4.01. The third-order valence-corrected chi connectivity index (χ3v) is 5.81. The van der Waals surface area contributed by atoms with Gasteiger partial charge in [-0.05, 0) is 30.4 Å². The third kappa shape index (κ3) is 2.73. The Morgan fingerprint density at radius 3 is 2.70 bits per heavy atom. The molecule has 0 radical (unpaired) electrons. The van der Waals surface area contributed by atoms with E-state index in [-0.39, 0.29) is 5.75 Å². The highest BCUT2D eigenvalue weighted by Crippen LogP contribution is 2.46. The summed E-state index contributed by atoms with van der Waals surface area (Å²) in [6.07, 6.45) is 9.23. The van der Waals surface area contributed by atoms with E-state index in [0.29, 0.717) is 28.7 Å². The van der Waals surface area contributed by atoms with E-state index in [1.807, 2.05) is 29.9 Å². The topological polar surface area (TPSA) is 92.0 Å². The molecule has 2 aromatic heterocycles. The number of aromatic hydroxyl groups is 1. The number of benzene rings is 1. The molecule has 0 amide bonds. The van der Waals surface area contributed by atoms with Gasteiger partial charge in [0.1, 0.15) is 11.4 Å². The molecule has 1 aromatic carbocycles. The van der Waals surface area contributed by atoms with Gasteiger partial charge in [-0.1, -0.05) is 0 Å². The maximum atomic E-state index is 10.4. The van der Waals surface area contributed by atoms with Gasteiger partial charge < -0.3 is 19.9 Å². The molecule has 8 heteroatoms. The summed E-state index contributed by atoms with van der Waals surface area (Å²) < 4.78 is 1.83. The summed E-state index contributed by atoms with van der Waals surface area (Å²) in [7, 11) is 2.03. The summed E-state index contributed by atoms with van der Waals surface area (Å²) in [6.45, 7) is 2.26. The van der Waals surface area contributed by atoms with Crippen LogP contribution in [0, 0.1) is 5.41 Å². The Kier molecular flexibility index (Phi) is 3.61. The van der Waals surface area contributed by atoms with Crippen molar-refractivity contribution < 1.29 is 5.11 Å². The van der Waals surface area contributed by atoms with Crippen molar-refractivity contribution in [2.45, 2.75) is 18.9 Å². The summed E-state index contributed by atoms with van der Waals surface area (Å²) in [6, 6.07) is 5.87. The van der Waals surface area contributed by atoms with E-state index in [1.165, 1.54) is 12.8 Å². The smallest absolute Gasteiger partial charge is 0.245 e. The van der Waals surface area contributed by atoms with Crippen LogP contribution in [0.3, 0.4) is 0 Å². The van der Waals surface area contributed by atoms with E-state index in [4.69, 9.17) is 0 Å². The first-order chi connectivity index (χ1) is 13.1. The molecule has 2 fully saturated rings. The van der Waals surface area contributed by atoms with Crippen LogP contribution in [0.25, 0.3) is 16.9 Å². The molecule has 3 aromatic rings. The maximum absolute atomic E-state index is 10.4. The number of nitrogens with one attached hydrogen (secondary N) is 1. The number of anilines is 1. The SMILES string of the molecule is CN(c1ncc(-c2ccc(-n3ccnc3)cc2O)nn1)C1CC2(CNC2)C1. The van der Waals surface area contributed by atoms with E-state index < -0.39 is 0 Å².